The van der Waals surface area contributed by atoms with Gasteiger partial charge in [0, 0.05) is 49.9 Å². The van der Waals surface area contributed by atoms with Crippen LogP contribution in [-0.2, 0) is 9.53 Å². The van der Waals surface area contributed by atoms with Crippen LogP contribution < -0.4 is 0 Å². The smallest absolute Gasteiger partial charge is 0.257 e. The molecule has 1 aromatic rings. The van der Waals surface area contributed by atoms with E-state index in [1.54, 1.807) is 22.8 Å². The van der Waals surface area contributed by atoms with Gasteiger partial charge in [0.2, 0.25) is 0 Å². The molecule has 3 saturated heterocycles. The summed E-state index contributed by atoms with van der Waals surface area (Å²) in [6.07, 6.45) is 3.83. The first-order valence-electron chi connectivity index (χ1n) is 11.5. The number of nitriles is 1. The number of amides is 2. The monoisotopic (exact) mass is 487 g/mol. The molecule has 1 aromatic carbocycles. The van der Waals surface area contributed by atoms with E-state index in [1.165, 1.54) is 18.2 Å². The Morgan fingerprint density at radius 1 is 1.26 bits per heavy atom. The number of carbonyl (C=O) groups excluding carboxylic acids is 2. The molecule has 2 unspecified atom stereocenters. The second-order valence-corrected chi connectivity index (χ2v) is 9.88. The molecule has 3 fully saturated rings. The van der Waals surface area contributed by atoms with E-state index < -0.39 is 35.3 Å². The maximum atomic E-state index is 14.2. The van der Waals surface area contributed by atoms with Gasteiger partial charge in [-0.15, -0.1) is 0 Å². The van der Waals surface area contributed by atoms with E-state index in [4.69, 9.17) is 21.6 Å². The van der Waals surface area contributed by atoms with Gasteiger partial charge in [-0.2, -0.15) is 5.26 Å². The number of carbonyl (C=O) groups is 2. The molecule has 6 nitrogen and oxygen atoms in total. The SMILES string of the molecule is CC1C(F)=CC(F)=CC1[C@@H]1CC[C@H]2OC3(CCN(C(=O)c4ccc(C#N)cc4Cl)CC3)C(=O)N21. The van der Waals surface area contributed by atoms with Crippen molar-refractivity contribution < 1.29 is 23.1 Å². The van der Waals surface area contributed by atoms with Gasteiger partial charge in [-0.25, -0.2) is 8.78 Å². The van der Waals surface area contributed by atoms with Crippen molar-refractivity contribution in [3.63, 3.8) is 0 Å². The Balaban J connectivity index is 1.29. The highest BCUT2D eigenvalue weighted by Crippen LogP contribution is 2.47. The van der Waals surface area contributed by atoms with Crippen LogP contribution in [-0.4, -0.2) is 52.6 Å². The fourth-order valence-corrected chi connectivity index (χ4v) is 5.99. The van der Waals surface area contributed by atoms with Gasteiger partial charge in [0.05, 0.1) is 22.2 Å². The molecule has 0 radical (unpaired) electrons. The van der Waals surface area contributed by atoms with Gasteiger partial charge < -0.3 is 14.5 Å². The van der Waals surface area contributed by atoms with Crippen LogP contribution in [0.1, 0.15) is 48.5 Å². The Kier molecular flexibility index (Phi) is 5.73. The minimum Gasteiger partial charge on any atom is -0.342 e. The summed E-state index contributed by atoms with van der Waals surface area (Å²) in [7, 11) is 0. The molecule has 5 rings (SSSR count). The van der Waals surface area contributed by atoms with E-state index in [9.17, 15) is 18.4 Å². The first-order valence-corrected chi connectivity index (χ1v) is 11.9. The van der Waals surface area contributed by atoms with Crippen molar-refractivity contribution >= 4 is 23.4 Å². The molecule has 0 bridgehead atoms. The molecular weight excluding hydrogens is 464 g/mol. The third kappa shape index (κ3) is 3.62. The van der Waals surface area contributed by atoms with Crippen molar-refractivity contribution in [2.75, 3.05) is 13.1 Å². The van der Waals surface area contributed by atoms with E-state index in [1.807, 2.05) is 6.07 Å². The van der Waals surface area contributed by atoms with E-state index in [2.05, 4.69) is 0 Å². The number of ether oxygens (including phenoxy) is 1. The number of fused-ring (bicyclic) bond motifs is 1. The van der Waals surface area contributed by atoms with Gasteiger partial charge >= 0.3 is 0 Å². The molecule has 9 heteroatoms. The molecule has 3 heterocycles. The molecule has 2 amide bonds. The van der Waals surface area contributed by atoms with Gasteiger partial charge in [0.25, 0.3) is 11.8 Å². The zero-order valence-corrected chi connectivity index (χ0v) is 19.4. The van der Waals surface area contributed by atoms with Crippen molar-refractivity contribution in [3.05, 3.63) is 58.2 Å². The summed E-state index contributed by atoms with van der Waals surface area (Å²) < 4.78 is 34.5. The molecule has 34 heavy (non-hydrogen) atoms. The fraction of sp³-hybridized carbons (Fsp3) is 0.480. The number of hydrogen-bond donors (Lipinski definition) is 0. The van der Waals surface area contributed by atoms with Crippen LogP contribution in [0.25, 0.3) is 0 Å². The maximum absolute atomic E-state index is 14.2. The van der Waals surface area contributed by atoms with Crippen LogP contribution in [0.4, 0.5) is 8.78 Å². The predicted octanol–water partition coefficient (Wildman–Crippen LogP) is 4.51. The van der Waals surface area contributed by atoms with Crippen LogP contribution in [0.15, 0.2) is 42.0 Å². The maximum Gasteiger partial charge on any atom is 0.257 e. The summed E-state index contributed by atoms with van der Waals surface area (Å²) in [5.74, 6) is -2.49. The zero-order valence-electron chi connectivity index (χ0n) is 18.6. The normalized spacial score (nSPS) is 30.1. The van der Waals surface area contributed by atoms with E-state index in [0.29, 0.717) is 49.9 Å². The highest BCUT2D eigenvalue weighted by atomic mass is 35.5. The second-order valence-electron chi connectivity index (χ2n) is 9.47. The lowest BCUT2D eigenvalue weighted by molar-refractivity contribution is -0.143. The van der Waals surface area contributed by atoms with E-state index in [-0.39, 0.29) is 22.9 Å². The molecule has 178 valence electrons. The van der Waals surface area contributed by atoms with Crippen LogP contribution >= 0.6 is 11.6 Å². The van der Waals surface area contributed by atoms with Crippen molar-refractivity contribution in [1.82, 2.24) is 9.80 Å². The van der Waals surface area contributed by atoms with E-state index >= 15 is 0 Å². The molecule has 4 aliphatic rings. The summed E-state index contributed by atoms with van der Waals surface area (Å²) in [5, 5.41) is 9.21. The summed E-state index contributed by atoms with van der Waals surface area (Å²) >= 11 is 6.21. The molecular formula is C25H24ClF2N3O3. The minimum absolute atomic E-state index is 0.153. The Morgan fingerprint density at radius 2 is 2.00 bits per heavy atom. The summed E-state index contributed by atoms with van der Waals surface area (Å²) in [5.41, 5.74) is -0.342. The summed E-state index contributed by atoms with van der Waals surface area (Å²) in [4.78, 5) is 29.9. The molecule has 1 spiro atoms. The molecule has 4 atom stereocenters. The van der Waals surface area contributed by atoms with Gasteiger partial charge in [-0.05, 0) is 37.1 Å². The van der Waals surface area contributed by atoms with Crippen molar-refractivity contribution in [3.8, 4) is 6.07 Å². The molecule has 3 aliphatic heterocycles. The Hall–Kier alpha value is -2.76. The Morgan fingerprint density at radius 3 is 2.68 bits per heavy atom. The van der Waals surface area contributed by atoms with Crippen LogP contribution in [0, 0.1) is 23.2 Å². The number of halogens is 3. The van der Waals surface area contributed by atoms with Gasteiger partial charge in [-0.3, -0.25) is 9.59 Å². The van der Waals surface area contributed by atoms with Crippen molar-refractivity contribution in [1.29, 1.82) is 5.26 Å². The number of piperidine rings is 1. The largest absolute Gasteiger partial charge is 0.342 e. The average Bonchev–Trinajstić information content (AvgIpc) is 3.34. The Labute approximate surface area is 201 Å². The van der Waals surface area contributed by atoms with Crippen LogP contribution in [0.2, 0.25) is 5.02 Å². The molecule has 0 saturated carbocycles. The van der Waals surface area contributed by atoms with Crippen LogP contribution in [0.3, 0.4) is 0 Å². The van der Waals surface area contributed by atoms with E-state index in [0.717, 1.165) is 6.08 Å². The standard InChI is InChI=1S/C25H24ClF2N3O3/c1-14-18(11-16(27)12-20(14)28)21-4-5-22-31(21)24(33)25(34-22)6-8-30(9-7-25)23(32)17-3-2-15(13-29)10-19(17)26/h2-3,10-12,14,18,21-22H,4-9H2,1H3/t14?,18?,21-,22+/m0/s1. The third-order valence-corrected chi connectivity index (χ3v) is 7.95. The lowest BCUT2D eigenvalue weighted by Crippen LogP contribution is -2.53. The number of hydrogen-bond acceptors (Lipinski definition) is 4. The number of rotatable bonds is 2. The Bertz CT molecular complexity index is 1150. The van der Waals surface area contributed by atoms with Crippen molar-refractivity contribution in [2.45, 2.75) is 50.5 Å². The number of nitrogens with zero attached hydrogens (tertiary/aromatic N) is 3. The summed E-state index contributed by atoms with van der Waals surface area (Å²) in [6.45, 7) is 2.35. The fourth-order valence-electron chi connectivity index (χ4n) is 5.72. The number of likely N-dealkylation sites (tertiary alicyclic amines) is 1. The van der Waals surface area contributed by atoms with Gasteiger partial charge in [-0.1, -0.05) is 18.5 Å². The summed E-state index contributed by atoms with van der Waals surface area (Å²) in [6, 6.07) is 6.21. The predicted molar refractivity (Wildman–Crippen MR) is 120 cm³/mol. The second kappa shape index (κ2) is 8.47. The quantitative estimate of drug-likeness (QED) is 0.615. The molecule has 0 N–H and O–H groups in total. The van der Waals surface area contributed by atoms with Gasteiger partial charge in [0.15, 0.2) is 5.60 Å². The first kappa shape index (κ1) is 23.0. The van der Waals surface area contributed by atoms with Crippen LogP contribution in [0.5, 0.6) is 0 Å². The first-order chi connectivity index (χ1) is 16.2. The topological polar surface area (TPSA) is 73.6 Å². The number of allylic oxidation sites excluding steroid dienone is 3. The van der Waals surface area contributed by atoms with Crippen molar-refractivity contribution in [2.24, 2.45) is 11.8 Å². The highest BCUT2D eigenvalue weighted by Gasteiger charge is 2.59. The average molecular weight is 488 g/mol. The zero-order chi connectivity index (χ0) is 24.2. The number of benzene rings is 1. The lowest BCUT2D eigenvalue weighted by atomic mass is 9.81. The third-order valence-electron chi connectivity index (χ3n) is 7.63. The molecule has 0 aromatic heterocycles. The van der Waals surface area contributed by atoms with Gasteiger partial charge in [0.1, 0.15) is 17.9 Å². The highest BCUT2D eigenvalue weighted by molar-refractivity contribution is 6.34. The lowest BCUT2D eigenvalue weighted by Gasteiger charge is -2.38. The minimum atomic E-state index is -1.02. The molecule has 1 aliphatic carbocycles.